The van der Waals surface area contributed by atoms with Crippen molar-refractivity contribution in [3.63, 3.8) is 0 Å². The average Bonchev–Trinajstić information content (AvgIpc) is 3.82. The fraction of sp³-hybridized carbons (Fsp3) is 0.128. The molecule has 0 fully saturated rings. The Morgan fingerprint density at radius 3 is 1.34 bits per heavy atom. The number of nitrogens with zero attached hydrogens (tertiary/aromatic N) is 6. The molecule has 0 amide bonds. The number of thiazole rings is 2. The summed E-state index contributed by atoms with van der Waals surface area (Å²) < 4.78 is 93.4. The lowest BCUT2D eigenvalue weighted by molar-refractivity contribution is -0.287. The smallest absolute Gasteiger partial charge is 0.251 e. The number of fused-ring (bicyclic) bond motifs is 5. The maximum absolute atomic E-state index is 15.4. The van der Waals surface area contributed by atoms with Crippen LogP contribution in [0, 0.1) is 13.8 Å². The molecule has 1 aliphatic rings. The molecule has 53 heavy (non-hydrogen) atoms. The molecule has 14 heteroatoms. The van der Waals surface area contributed by atoms with E-state index in [9.17, 15) is 0 Å². The molecule has 0 radical (unpaired) electrons. The average molecular weight is 753 g/mol. The van der Waals surface area contributed by atoms with E-state index in [1.54, 1.807) is 24.3 Å². The Bertz CT molecular complexity index is 2580. The minimum atomic E-state index is -5.74. The Hall–Kier alpha value is -5.60. The molecule has 0 bridgehead atoms. The largest absolute Gasteiger partial charge is 0.411 e. The van der Waals surface area contributed by atoms with Crippen LogP contribution in [0.2, 0.25) is 0 Å². The highest BCUT2D eigenvalue weighted by molar-refractivity contribution is 7.22. The third-order valence-electron chi connectivity index (χ3n) is 9.36. The predicted octanol–water partition coefficient (Wildman–Crippen LogP) is 11.2. The number of benzene rings is 2. The van der Waals surface area contributed by atoms with Crippen LogP contribution < -0.4 is 0 Å². The van der Waals surface area contributed by atoms with Gasteiger partial charge in [0.25, 0.3) is 0 Å². The number of halogens is 6. The third kappa shape index (κ3) is 5.22. The van der Waals surface area contributed by atoms with Gasteiger partial charge >= 0.3 is 12.4 Å². The Morgan fingerprint density at radius 1 is 0.509 bits per heavy atom. The van der Waals surface area contributed by atoms with Gasteiger partial charge in [-0.15, -0.1) is 22.7 Å². The van der Waals surface area contributed by atoms with Gasteiger partial charge < -0.3 is 0 Å². The first-order chi connectivity index (χ1) is 25.3. The highest BCUT2D eigenvalue weighted by atomic mass is 32.1. The summed E-state index contributed by atoms with van der Waals surface area (Å²) in [6.07, 6.45) is -8.67. The van der Waals surface area contributed by atoms with Gasteiger partial charge in [-0.1, -0.05) is 36.4 Å². The number of pyridine rings is 4. The molecule has 0 saturated heterocycles. The topological polar surface area (TPSA) is 77.3 Å². The number of hydrogen-bond acceptors (Lipinski definition) is 8. The lowest BCUT2D eigenvalue weighted by atomic mass is 9.75. The maximum Gasteiger partial charge on any atom is 0.411 e. The molecule has 262 valence electrons. The number of aromatic nitrogens is 6. The maximum atomic E-state index is 15.4. The lowest BCUT2D eigenvalue weighted by Crippen LogP contribution is -2.53. The molecule has 6 nitrogen and oxygen atoms in total. The zero-order valence-electron chi connectivity index (χ0n) is 27.5. The van der Waals surface area contributed by atoms with Crippen molar-refractivity contribution in [3.8, 4) is 54.8 Å². The Labute approximate surface area is 304 Å². The summed E-state index contributed by atoms with van der Waals surface area (Å²) >= 11 is 2.57. The van der Waals surface area contributed by atoms with Gasteiger partial charge in [0.15, 0.2) is 11.3 Å². The quantitative estimate of drug-likeness (QED) is 0.167. The van der Waals surface area contributed by atoms with Crippen LogP contribution in [-0.2, 0) is 5.41 Å². The minimum absolute atomic E-state index is 0.143. The van der Waals surface area contributed by atoms with Crippen LogP contribution in [0.4, 0.5) is 26.3 Å². The van der Waals surface area contributed by atoms with Gasteiger partial charge in [-0.2, -0.15) is 26.3 Å². The van der Waals surface area contributed by atoms with Crippen molar-refractivity contribution in [2.24, 2.45) is 0 Å². The van der Waals surface area contributed by atoms with Crippen LogP contribution in [0.25, 0.3) is 75.5 Å². The molecule has 0 aliphatic heterocycles. The van der Waals surface area contributed by atoms with E-state index in [0.717, 1.165) is 23.5 Å². The van der Waals surface area contributed by atoms with Gasteiger partial charge in [0.05, 0.1) is 20.8 Å². The molecule has 0 spiro atoms. The fourth-order valence-corrected chi connectivity index (χ4v) is 8.82. The van der Waals surface area contributed by atoms with Crippen LogP contribution in [0.1, 0.15) is 22.5 Å². The Kier molecular flexibility index (Phi) is 7.34. The van der Waals surface area contributed by atoms with Crippen LogP contribution in [-0.4, -0.2) is 42.3 Å². The van der Waals surface area contributed by atoms with Gasteiger partial charge in [0, 0.05) is 34.9 Å². The van der Waals surface area contributed by atoms with Crippen molar-refractivity contribution >= 4 is 43.4 Å². The van der Waals surface area contributed by atoms with Crippen molar-refractivity contribution < 1.29 is 26.3 Å². The molecule has 0 N–H and O–H groups in total. The monoisotopic (exact) mass is 752 g/mol. The highest BCUT2D eigenvalue weighted by Crippen LogP contribution is 2.64. The molecular weight excluding hydrogens is 731 g/mol. The highest BCUT2D eigenvalue weighted by Gasteiger charge is 2.75. The van der Waals surface area contributed by atoms with Gasteiger partial charge in [-0.3, -0.25) is 9.97 Å². The van der Waals surface area contributed by atoms with Crippen LogP contribution >= 0.6 is 22.7 Å². The fourth-order valence-electron chi connectivity index (χ4n) is 6.95. The molecule has 6 aromatic heterocycles. The number of hydrogen-bond donors (Lipinski definition) is 0. The van der Waals surface area contributed by atoms with Crippen LogP contribution in [0.15, 0.2) is 97.3 Å². The minimum Gasteiger partial charge on any atom is -0.251 e. The first-order valence-electron chi connectivity index (χ1n) is 16.1. The van der Waals surface area contributed by atoms with E-state index in [0.29, 0.717) is 53.2 Å². The molecule has 2 aromatic carbocycles. The molecule has 8 aromatic rings. The molecule has 9 rings (SSSR count). The Morgan fingerprint density at radius 2 is 0.943 bits per heavy atom. The standard InChI is InChI=1S/C39H22F6N6S2/c1-19-5-3-7-29(48-19)35-50-33-31(52-35)15-23(17-46-33)21-9-11-25-26-12-10-22(14-28(26)37(27(25)13-21,38(40,41)42)39(43,44)45)24-16-32-34(47-18-24)51-36(53-32)30-8-4-6-20(2)49-30/h3-18H,1-2H3. The zero-order valence-corrected chi connectivity index (χ0v) is 29.1. The van der Waals surface area contributed by atoms with E-state index in [1.807, 2.05) is 38.1 Å². The Balaban J connectivity index is 1.16. The van der Waals surface area contributed by atoms with Gasteiger partial charge in [0.1, 0.15) is 10.0 Å². The summed E-state index contributed by atoms with van der Waals surface area (Å²) in [6.45, 7) is 3.70. The molecule has 0 atom stereocenters. The third-order valence-corrected chi connectivity index (χ3v) is 11.4. The summed E-state index contributed by atoms with van der Waals surface area (Å²) in [7, 11) is 0. The first-order valence-corrected chi connectivity index (χ1v) is 17.8. The van der Waals surface area contributed by atoms with Crippen molar-refractivity contribution in [2.45, 2.75) is 31.6 Å². The van der Waals surface area contributed by atoms with E-state index in [-0.39, 0.29) is 22.3 Å². The van der Waals surface area contributed by atoms with Crippen LogP contribution in [0.5, 0.6) is 0 Å². The van der Waals surface area contributed by atoms with Crippen molar-refractivity contribution in [3.05, 3.63) is 120 Å². The lowest BCUT2D eigenvalue weighted by Gasteiger charge is -2.36. The molecule has 0 saturated carbocycles. The number of aryl methyl sites for hydroxylation is 2. The first kappa shape index (κ1) is 33.3. The predicted molar refractivity (Wildman–Crippen MR) is 194 cm³/mol. The molecule has 1 aliphatic carbocycles. The number of alkyl halides is 6. The van der Waals surface area contributed by atoms with E-state index >= 15 is 26.3 Å². The second-order valence-corrected chi connectivity index (χ2v) is 14.8. The molecule has 0 unspecified atom stereocenters. The summed E-state index contributed by atoms with van der Waals surface area (Å²) in [5.74, 6) is 0. The van der Waals surface area contributed by atoms with E-state index in [4.69, 9.17) is 0 Å². The van der Waals surface area contributed by atoms with Crippen molar-refractivity contribution in [1.29, 1.82) is 0 Å². The second kappa shape index (κ2) is 11.7. The summed E-state index contributed by atoms with van der Waals surface area (Å²) in [5, 5.41) is 1.19. The van der Waals surface area contributed by atoms with Crippen LogP contribution in [0.3, 0.4) is 0 Å². The van der Waals surface area contributed by atoms with Gasteiger partial charge in [-0.05, 0) is 95.8 Å². The summed E-state index contributed by atoms with van der Waals surface area (Å²) in [5.41, 5.74) is -1.68. The van der Waals surface area contributed by atoms with Gasteiger partial charge in [-0.25, -0.2) is 19.9 Å². The zero-order chi connectivity index (χ0) is 36.9. The molecular formula is C39H22F6N6S2. The number of rotatable bonds is 4. The van der Waals surface area contributed by atoms with Crippen molar-refractivity contribution in [1.82, 2.24) is 29.9 Å². The van der Waals surface area contributed by atoms with E-state index < -0.39 is 28.9 Å². The van der Waals surface area contributed by atoms with E-state index in [2.05, 4.69) is 29.9 Å². The second-order valence-electron chi connectivity index (χ2n) is 12.7. The summed E-state index contributed by atoms with van der Waals surface area (Å²) in [6, 6.07) is 22.0. The normalized spacial score (nSPS) is 13.8. The SMILES string of the molecule is Cc1cccc(-c2nc3ncc(-c4ccc5c(c4)C(C(F)(F)F)(C(F)(F)F)c4cc(-c6cnc7nc(-c8cccc(C)n8)sc7c6)ccc4-5)cc3s2)n1. The van der Waals surface area contributed by atoms with Gasteiger partial charge in [0.2, 0.25) is 5.41 Å². The van der Waals surface area contributed by atoms with Crippen molar-refractivity contribution in [2.75, 3.05) is 0 Å². The molecule has 6 heterocycles. The summed E-state index contributed by atoms with van der Waals surface area (Å²) in [4.78, 5) is 26.9. The van der Waals surface area contributed by atoms with E-state index in [1.165, 1.54) is 59.3 Å².